The van der Waals surface area contributed by atoms with Crippen LogP contribution in [0, 0.1) is 12.8 Å². The predicted octanol–water partition coefficient (Wildman–Crippen LogP) is 3.88. The number of hydrogen-bond acceptors (Lipinski definition) is 1. The van der Waals surface area contributed by atoms with Gasteiger partial charge in [0, 0.05) is 23.6 Å². The van der Waals surface area contributed by atoms with Gasteiger partial charge in [-0.15, -0.1) is 0 Å². The maximum absolute atomic E-state index is 12.2. The lowest BCUT2D eigenvalue weighted by atomic mass is 10.1. The van der Waals surface area contributed by atoms with Crippen LogP contribution in [-0.2, 0) is 0 Å². The zero-order chi connectivity index (χ0) is 13.0. The van der Waals surface area contributed by atoms with Crippen LogP contribution >= 0.6 is 15.9 Å². The number of hydrogen-bond donors (Lipinski definition) is 0. The Hall–Kier alpha value is -0.830. The molecule has 94 valence electrons. The van der Waals surface area contributed by atoms with E-state index in [1.807, 2.05) is 32.2 Å². The Bertz CT molecular complexity index is 401. The molecule has 0 atom stereocenters. The first kappa shape index (κ1) is 14.2. The summed E-state index contributed by atoms with van der Waals surface area (Å²) in [5, 5.41) is 0. The monoisotopic (exact) mass is 297 g/mol. The van der Waals surface area contributed by atoms with Gasteiger partial charge in [0.1, 0.15) is 0 Å². The fourth-order valence-electron chi connectivity index (χ4n) is 1.60. The number of carbonyl (C=O) groups is 1. The molecule has 1 amide bonds. The molecule has 0 unspecified atom stereocenters. The molecule has 1 aromatic carbocycles. The Kier molecular flexibility index (Phi) is 5.19. The fourth-order valence-corrected chi connectivity index (χ4v) is 1.96. The Labute approximate surface area is 112 Å². The lowest BCUT2D eigenvalue weighted by Crippen LogP contribution is -2.29. The van der Waals surface area contributed by atoms with Gasteiger partial charge in [-0.05, 0) is 37.0 Å². The van der Waals surface area contributed by atoms with Gasteiger partial charge in [-0.25, -0.2) is 0 Å². The average molecular weight is 298 g/mol. The Morgan fingerprint density at radius 1 is 1.41 bits per heavy atom. The van der Waals surface area contributed by atoms with Gasteiger partial charge in [-0.3, -0.25) is 4.79 Å². The molecular formula is C14H20BrNO. The first-order valence-electron chi connectivity index (χ1n) is 5.94. The zero-order valence-electron chi connectivity index (χ0n) is 11.0. The van der Waals surface area contributed by atoms with Crippen LogP contribution in [0.4, 0.5) is 0 Å². The topological polar surface area (TPSA) is 20.3 Å². The smallest absolute Gasteiger partial charge is 0.253 e. The highest BCUT2D eigenvalue weighted by Crippen LogP contribution is 2.20. The third kappa shape index (κ3) is 3.84. The number of halogens is 1. The molecule has 0 aliphatic carbocycles. The van der Waals surface area contributed by atoms with Crippen LogP contribution in [0.2, 0.25) is 0 Å². The van der Waals surface area contributed by atoms with Crippen molar-refractivity contribution in [3.05, 3.63) is 33.8 Å². The molecule has 0 aromatic heterocycles. The Balaban J connectivity index is 2.78. The number of amides is 1. The van der Waals surface area contributed by atoms with Gasteiger partial charge in [0.05, 0.1) is 0 Å². The molecule has 0 aliphatic heterocycles. The summed E-state index contributed by atoms with van der Waals surface area (Å²) in [4.78, 5) is 14.0. The SMILES string of the molecule is Cc1c(Br)cccc1C(=O)N(C)CCC(C)C. The van der Waals surface area contributed by atoms with Crippen LogP contribution in [0.25, 0.3) is 0 Å². The summed E-state index contributed by atoms with van der Waals surface area (Å²) in [6, 6.07) is 5.75. The van der Waals surface area contributed by atoms with Crippen molar-refractivity contribution in [2.75, 3.05) is 13.6 Å². The van der Waals surface area contributed by atoms with Crippen molar-refractivity contribution < 1.29 is 4.79 Å². The molecule has 1 rings (SSSR count). The highest BCUT2D eigenvalue weighted by atomic mass is 79.9. The summed E-state index contributed by atoms with van der Waals surface area (Å²) in [6.45, 7) is 7.11. The van der Waals surface area contributed by atoms with Crippen LogP contribution in [0.15, 0.2) is 22.7 Å². The van der Waals surface area contributed by atoms with Crippen molar-refractivity contribution in [2.45, 2.75) is 27.2 Å². The fraction of sp³-hybridized carbons (Fsp3) is 0.500. The third-order valence-electron chi connectivity index (χ3n) is 2.89. The van der Waals surface area contributed by atoms with Crippen LogP contribution in [0.1, 0.15) is 36.2 Å². The summed E-state index contributed by atoms with van der Waals surface area (Å²) in [6.07, 6.45) is 1.04. The van der Waals surface area contributed by atoms with Crippen molar-refractivity contribution >= 4 is 21.8 Å². The quantitative estimate of drug-likeness (QED) is 0.826. The van der Waals surface area contributed by atoms with Crippen molar-refractivity contribution in [1.82, 2.24) is 4.90 Å². The summed E-state index contributed by atoms with van der Waals surface area (Å²) >= 11 is 3.45. The van der Waals surface area contributed by atoms with E-state index in [0.717, 1.165) is 28.6 Å². The molecule has 1 aromatic rings. The van der Waals surface area contributed by atoms with Gasteiger partial charge < -0.3 is 4.90 Å². The normalized spacial score (nSPS) is 10.7. The van der Waals surface area contributed by atoms with Gasteiger partial charge in [0.15, 0.2) is 0 Å². The largest absolute Gasteiger partial charge is 0.342 e. The van der Waals surface area contributed by atoms with Crippen molar-refractivity contribution in [1.29, 1.82) is 0 Å². The maximum Gasteiger partial charge on any atom is 0.253 e. The minimum absolute atomic E-state index is 0.101. The minimum Gasteiger partial charge on any atom is -0.342 e. The van der Waals surface area contributed by atoms with Gasteiger partial charge in [-0.1, -0.05) is 35.8 Å². The predicted molar refractivity (Wildman–Crippen MR) is 75.3 cm³/mol. The molecule has 2 nitrogen and oxygen atoms in total. The zero-order valence-corrected chi connectivity index (χ0v) is 12.5. The van der Waals surface area contributed by atoms with E-state index in [0.29, 0.717) is 5.92 Å². The van der Waals surface area contributed by atoms with E-state index in [2.05, 4.69) is 29.8 Å². The summed E-state index contributed by atoms with van der Waals surface area (Å²) in [5.41, 5.74) is 1.79. The molecule has 0 fully saturated rings. The Morgan fingerprint density at radius 3 is 2.65 bits per heavy atom. The molecule has 0 N–H and O–H groups in total. The number of rotatable bonds is 4. The standard InChI is InChI=1S/C14H20BrNO/c1-10(2)8-9-16(4)14(17)12-6-5-7-13(15)11(12)3/h5-7,10H,8-9H2,1-4H3. The van der Waals surface area contributed by atoms with Crippen molar-refractivity contribution in [2.24, 2.45) is 5.92 Å². The lowest BCUT2D eigenvalue weighted by molar-refractivity contribution is 0.0788. The van der Waals surface area contributed by atoms with E-state index in [1.165, 1.54) is 0 Å². The van der Waals surface area contributed by atoms with Crippen LogP contribution in [0.3, 0.4) is 0 Å². The van der Waals surface area contributed by atoms with Crippen LogP contribution in [0.5, 0.6) is 0 Å². The summed E-state index contributed by atoms with van der Waals surface area (Å²) in [5.74, 6) is 0.721. The molecule has 0 spiro atoms. The average Bonchev–Trinajstić information content (AvgIpc) is 2.28. The van der Waals surface area contributed by atoms with Crippen molar-refractivity contribution in [3.8, 4) is 0 Å². The van der Waals surface area contributed by atoms with Crippen LogP contribution in [-0.4, -0.2) is 24.4 Å². The minimum atomic E-state index is 0.101. The van der Waals surface area contributed by atoms with Gasteiger partial charge in [-0.2, -0.15) is 0 Å². The van der Waals surface area contributed by atoms with E-state index in [1.54, 1.807) is 4.90 Å². The second-order valence-corrected chi connectivity index (χ2v) is 5.68. The number of carbonyl (C=O) groups excluding carboxylic acids is 1. The molecular weight excluding hydrogens is 278 g/mol. The first-order valence-corrected chi connectivity index (χ1v) is 6.73. The van der Waals surface area contributed by atoms with E-state index < -0.39 is 0 Å². The molecule has 17 heavy (non-hydrogen) atoms. The van der Waals surface area contributed by atoms with Crippen molar-refractivity contribution in [3.63, 3.8) is 0 Å². The highest BCUT2D eigenvalue weighted by Gasteiger charge is 2.15. The van der Waals surface area contributed by atoms with E-state index in [4.69, 9.17) is 0 Å². The van der Waals surface area contributed by atoms with Gasteiger partial charge in [0.25, 0.3) is 5.91 Å². The first-order chi connectivity index (χ1) is 7.93. The highest BCUT2D eigenvalue weighted by molar-refractivity contribution is 9.10. The van der Waals surface area contributed by atoms with Gasteiger partial charge in [0.2, 0.25) is 0 Å². The number of nitrogens with zero attached hydrogens (tertiary/aromatic N) is 1. The Morgan fingerprint density at radius 2 is 2.06 bits per heavy atom. The molecule has 0 radical (unpaired) electrons. The third-order valence-corrected chi connectivity index (χ3v) is 3.75. The molecule has 3 heteroatoms. The maximum atomic E-state index is 12.2. The molecule has 0 aliphatic rings. The van der Waals surface area contributed by atoms with E-state index in [9.17, 15) is 4.79 Å². The molecule has 0 saturated carbocycles. The van der Waals surface area contributed by atoms with Crippen LogP contribution < -0.4 is 0 Å². The molecule has 0 saturated heterocycles. The van der Waals surface area contributed by atoms with E-state index in [-0.39, 0.29) is 5.91 Å². The lowest BCUT2D eigenvalue weighted by Gasteiger charge is -2.19. The summed E-state index contributed by atoms with van der Waals surface area (Å²) in [7, 11) is 1.87. The summed E-state index contributed by atoms with van der Waals surface area (Å²) < 4.78 is 0.987. The van der Waals surface area contributed by atoms with E-state index >= 15 is 0 Å². The second kappa shape index (κ2) is 6.20. The van der Waals surface area contributed by atoms with Gasteiger partial charge >= 0.3 is 0 Å². The second-order valence-electron chi connectivity index (χ2n) is 4.82. The number of benzene rings is 1. The molecule has 0 heterocycles. The molecule has 0 bridgehead atoms.